The molecule has 0 fully saturated rings. The van der Waals surface area contributed by atoms with E-state index < -0.39 is 32.0 Å². The van der Waals surface area contributed by atoms with Crippen LogP contribution in [0.3, 0.4) is 0 Å². The van der Waals surface area contributed by atoms with Gasteiger partial charge >= 0.3 is 11.9 Å². The number of benzene rings is 4. The van der Waals surface area contributed by atoms with Crippen molar-refractivity contribution >= 4 is 78.7 Å². The Hall–Kier alpha value is -4.62. The van der Waals surface area contributed by atoms with Gasteiger partial charge in [0, 0.05) is 33.6 Å². The molecule has 4 rings (SSSR count). The van der Waals surface area contributed by atoms with Gasteiger partial charge in [0.05, 0.1) is 16.9 Å². The summed E-state index contributed by atoms with van der Waals surface area (Å²) < 4.78 is 58.7. The van der Waals surface area contributed by atoms with Crippen LogP contribution in [0.5, 0.6) is 0 Å². The third-order valence-electron chi connectivity index (χ3n) is 5.56. The third-order valence-corrected chi connectivity index (χ3v) is 8.82. The minimum Gasteiger partial charge on any atom is -0.478 e. The summed E-state index contributed by atoms with van der Waals surface area (Å²) in [5.74, 6) is -1.62. The molecule has 0 saturated heterocycles. The second-order valence-electron chi connectivity index (χ2n) is 8.90. The first kappa shape index (κ1) is 34.9. The fourth-order valence-electron chi connectivity index (χ4n) is 3.43. The normalized spacial score (nSPS) is 11.4. The molecule has 0 saturated carbocycles. The van der Waals surface area contributed by atoms with E-state index >= 15 is 0 Å². The van der Waals surface area contributed by atoms with E-state index in [1.165, 1.54) is 55.7 Å². The van der Waals surface area contributed by atoms with Crippen LogP contribution < -0.4 is 9.44 Å². The van der Waals surface area contributed by atoms with Crippen molar-refractivity contribution in [3.05, 3.63) is 130 Å². The predicted octanol–water partition coefficient (Wildman–Crippen LogP) is 6.57. The molecule has 45 heavy (non-hydrogen) atoms. The molecule has 0 aliphatic carbocycles. The van der Waals surface area contributed by atoms with E-state index in [1.54, 1.807) is 66.7 Å². The zero-order valence-electron chi connectivity index (χ0n) is 23.4. The van der Waals surface area contributed by atoms with E-state index in [9.17, 15) is 26.4 Å². The Balaban J connectivity index is 0.000000246. The second kappa shape index (κ2) is 15.9. The Morgan fingerprint density at radius 3 is 1.44 bits per heavy atom. The number of halogens is 2. The molecule has 0 spiro atoms. The van der Waals surface area contributed by atoms with E-state index in [4.69, 9.17) is 28.3 Å². The summed E-state index contributed by atoms with van der Waals surface area (Å²) in [5, 5.41) is 9.61. The topological polar surface area (TPSA) is 156 Å². The van der Waals surface area contributed by atoms with Gasteiger partial charge in [-0.1, -0.05) is 47.5 Å². The lowest BCUT2D eigenvalue weighted by Gasteiger charge is -2.08. The summed E-state index contributed by atoms with van der Waals surface area (Å²) in [4.78, 5) is 21.7. The van der Waals surface area contributed by atoms with E-state index in [0.717, 1.165) is 6.08 Å². The molecule has 4 aromatic carbocycles. The number of sulfonamides is 2. The van der Waals surface area contributed by atoms with Gasteiger partial charge in [-0.3, -0.25) is 9.44 Å². The minimum atomic E-state index is -3.76. The van der Waals surface area contributed by atoms with E-state index in [2.05, 4.69) is 14.2 Å². The van der Waals surface area contributed by atoms with E-state index in [0.29, 0.717) is 32.5 Å². The number of rotatable bonds is 10. The largest absolute Gasteiger partial charge is 0.478 e. The molecule has 0 unspecified atom stereocenters. The summed E-state index contributed by atoms with van der Waals surface area (Å²) in [5.41, 5.74) is 1.83. The van der Waals surface area contributed by atoms with E-state index in [-0.39, 0.29) is 9.79 Å². The van der Waals surface area contributed by atoms with Gasteiger partial charge in [-0.15, -0.1) is 0 Å². The van der Waals surface area contributed by atoms with Gasteiger partial charge in [-0.2, -0.15) is 0 Å². The number of carboxylic acid groups (broad SMARTS) is 1. The van der Waals surface area contributed by atoms with Gasteiger partial charge in [0.25, 0.3) is 20.0 Å². The molecule has 14 heteroatoms. The quantitative estimate of drug-likeness (QED) is 0.125. The molecule has 0 aromatic heterocycles. The first-order chi connectivity index (χ1) is 21.3. The van der Waals surface area contributed by atoms with Gasteiger partial charge < -0.3 is 9.84 Å². The van der Waals surface area contributed by atoms with Gasteiger partial charge in [-0.25, -0.2) is 26.4 Å². The molecule has 0 heterocycles. The van der Waals surface area contributed by atoms with Crippen LogP contribution >= 0.6 is 23.2 Å². The van der Waals surface area contributed by atoms with Crippen LogP contribution in [0.25, 0.3) is 12.2 Å². The Morgan fingerprint density at radius 2 is 1.07 bits per heavy atom. The number of carbonyl (C=O) groups excluding carboxylic acids is 1. The minimum absolute atomic E-state index is 0.0370. The summed E-state index contributed by atoms with van der Waals surface area (Å²) in [6.07, 6.45) is 4.97. The van der Waals surface area contributed by atoms with Crippen LogP contribution in [0.1, 0.15) is 11.1 Å². The lowest BCUT2D eigenvalue weighted by atomic mass is 10.2. The predicted molar refractivity (Wildman–Crippen MR) is 175 cm³/mol. The maximum atomic E-state index is 12.4. The molecule has 0 atom stereocenters. The fourth-order valence-corrected chi connectivity index (χ4v) is 5.91. The molecule has 3 N–H and O–H groups in total. The molecule has 0 radical (unpaired) electrons. The lowest BCUT2D eigenvalue weighted by molar-refractivity contribution is -0.135. The van der Waals surface area contributed by atoms with Crippen LogP contribution in [-0.2, 0) is 34.4 Å². The van der Waals surface area contributed by atoms with Gasteiger partial charge in [0.15, 0.2) is 0 Å². The number of hydrogen-bond acceptors (Lipinski definition) is 7. The highest BCUT2D eigenvalue weighted by molar-refractivity contribution is 7.93. The highest BCUT2D eigenvalue weighted by Gasteiger charge is 2.15. The van der Waals surface area contributed by atoms with Crippen molar-refractivity contribution in [3.8, 4) is 0 Å². The number of methoxy groups -OCH3 is 1. The van der Waals surface area contributed by atoms with Crippen LogP contribution in [0.15, 0.2) is 119 Å². The molecular formula is C31H26Cl2N2O8S2. The van der Waals surface area contributed by atoms with Crippen LogP contribution in [-0.4, -0.2) is 41.0 Å². The van der Waals surface area contributed by atoms with Crippen molar-refractivity contribution in [3.63, 3.8) is 0 Å². The van der Waals surface area contributed by atoms with Crippen molar-refractivity contribution in [1.82, 2.24) is 0 Å². The monoisotopic (exact) mass is 688 g/mol. The van der Waals surface area contributed by atoms with Gasteiger partial charge in [-0.05, 0) is 96.1 Å². The van der Waals surface area contributed by atoms with Crippen LogP contribution in [0.2, 0.25) is 10.0 Å². The second-order valence-corrected chi connectivity index (χ2v) is 13.1. The summed E-state index contributed by atoms with van der Waals surface area (Å²) in [6.45, 7) is 0. The molecule has 4 aromatic rings. The molecule has 234 valence electrons. The maximum Gasteiger partial charge on any atom is 0.330 e. The zero-order chi connectivity index (χ0) is 33.0. The molecular weight excluding hydrogens is 663 g/mol. The summed E-state index contributed by atoms with van der Waals surface area (Å²) in [7, 11) is -6.23. The Morgan fingerprint density at radius 1 is 0.667 bits per heavy atom. The highest BCUT2D eigenvalue weighted by Crippen LogP contribution is 2.21. The molecule has 0 bridgehead atoms. The van der Waals surface area contributed by atoms with E-state index in [1.807, 2.05) is 0 Å². The fraction of sp³-hybridized carbons (Fsp3) is 0.0323. The van der Waals surface area contributed by atoms with Crippen LogP contribution in [0, 0.1) is 0 Å². The lowest BCUT2D eigenvalue weighted by Crippen LogP contribution is -2.12. The first-order valence-electron chi connectivity index (χ1n) is 12.7. The van der Waals surface area contributed by atoms with Crippen molar-refractivity contribution in [2.24, 2.45) is 0 Å². The summed E-state index contributed by atoms with van der Waals surface area (Å²) in [6, 6.07) is 24.7. The molecule has 10 nitrogen and oxygen atoms in total. The SMILES string of the molecule is COC(=O)/C=C/c1cccc(S(=O)(=O)Nc2ccc(Cl)cc2)c1.O=C(O)/C=C/c1cccc(S(=O)(=O)Nc2ccc(Cl)cc2)c1. The third kappa shape index (κ3) is 11.4. The summed E-state index contributed by atoms with van der Waals surface area (Å²) >= 11 is 11.5. The number of anilines is 2. The number of hydrogen-bond donors (Lipinski definition) is 3. The number of ether oxygens (including phenoxy) is 1. The number of esters is 1. The average molecular weight is 690 g/mol. The van der Waals surface area contributed by atoms with Crippen molar-refractivity contribution in [2.75, 3.05) is 16.6 Å². The van der Waals surface area contributed by atoms with Gasteiger partial charge in [0.1, 0.15) is 0 Å². The molecule has 0 aliphatic rings. The van der Waals surface area contributed by atoms with Crippen LogP contribution in [0.4, 0.5) is 11.4 Å². The van der Waals surface area contributed by atoms with Crippen molar-refractivity contribution < 1.29 is 36.3 Å². The Labute approximate surface area is 270 Å². The van der Waals surface area contributed by atoms with Crippen molar-refractivity contribution in [2.45, 2.75) is 9.79 Å². The number of aliphatic carboxylic acids is 1. The Kier molecular flexibility index (Phi) is 12.3. The van der Waals surface area contributed by atoms with Crippen molar-refractivity contribution in [1.29, 1.82) is 0 Å². The number of carboxylic acids is 1. The zero-order valence-corrected chi connectivity index (χ0v) is 26.6. The Bertz CT molecular complexity index is 1930. The van der Waals surface area contributed by atoms with Gasteiger partial charge in [0.2, 0.25) is 0 Å². The number of nitrogens with one attached hydrogen (secondary N) is 2. The standard InChI is InChI=1S/C16H14ClNO4S.C15H12ClNO4S/c1-22-16(19)10-5-12-3-2-4-15(11-12)23(20,21)18-14-8-6-13(17)7-9-14;16-12-5-7-13(8-6-12)17-22(20,21)14-3-1-2-11(10-14)4-9-15(18)19/h2-11,18H,1H3;1-10,17H,(H,18,19)/b10-5+;9-4+. The maximum absolute atomic E-state index is 12.4. The highest BCUT2D eigenvalue weighted by atomic mass is 35.5. The molecule has 0 aliphatic heterocycles. The number of carbonyl (C=O) groups is 2. The smallest absolute Gasteiger partial charge is 0.330 e. The first-order valence-corrected chi connectivity index (χ1v) is 16.4. The molecule has 0 amide bonds. The average Bonchev–Trinajstić information content (AvgIpc) is 3.01.